The first-order valence-corrected chi connectivity index (χ1v) is 4.72. The predicted molar refractivity (Wildman–Crippen MR) is 50.6 cm³/mol. The van der Waals surface area contributed by atoms with Crippen molar-refractivity contribution in [2.45, 2.75) is 25.2 Å². The van der Waals surface area contributed by atoms with Gasteiger partial charge in [0.2, 0.25) is 5.88 Å². The molecular weight excluding hydrogens is 180 g/mol. The van der Waals surface area contributed by atoms with Crippen LogP contribution in [0.25, 0.3) is 0 Å². The molecule has 0 bridgehead atoms. The Bertz CT molecular complexity index is 348. The second-order valence-electron chi connectivity index (χ2n) is 3.48. The summed E-state index contributed by atoms with van der Waals surface area (Å²) in [6.45, 7) is 0. The summed E-state index contributed by atoms with van der Waals surface area (Å²) in [6.07, 6.45) is 4.31. The number of carbonyl (C=O) groups excluding carboxylic acids is 1. The van der Waals surface area contributed by atoms with Crippen LogP contribution in [0.2, 0.25) is 0 Å². The first kappa shape index (κ1) is 9.12. The van der Waals surface area contributed by atoms with E-state index in [0.29, 0.717) is 17.4 Å². The summed E-state index contributed by atoms with van der Waals surface area (Å²) in [5, 5.41) is 7.91. The van der Waals surface area contributed by atoms with Gasteiger partial charge in [-0.1, -0.05) is 6.42 Å². The number of methoxy groups -OCH3 is 1. The summed E-state index contributed by atoms with van der Waals surface area (Å²) in [6, 6.07) is 1.78. The Labute approximate surface area is 82.3 Å². The van der Waals surface area contributed by atoms with Gasteiger partial charge in [0.1, 0.15) is 0 Å². The van der Waals surface area contributed by atoms with Gasteiger partial charge in [-0.15, -0.1) is 5.10 Å². The fourth-order valence-corrected chi connectivity index (χ4v) is 1.56. The van der Waals surface area contributed by atoms with Crippen molar-refractivity contribution in [1.29, 1.82) is 0 Å². The fraction of sp³-hybridized carbons (Fsp3) is 0.500. The molecule has 0 aromatic carbocycles. The van der Waals surface area contributed by atoms with Crippen molar-refractivity contribution in [3.63, 3.8) is 0 Å². The number of aldehydes is 1. The van der Waals surface area contributed by atoms with E-state index in [9.17, 15) is 4.79 Å². The summed E-state index contributed by atoms with van der Waals surface area (Å²) in [4.78, 5) is 10.7. The average molecular weight is 192 g/mol. The van der Waals surface area contributed by atoms with Crippen LogP contribution in [-0.4, -0.2) is 23.6 Å². The molecule has 74 valence electrons. The van der Waals surface area contributed by atoms with Gasteiger partial charge in [-0.25, -0.2) is 0 Å². The van der Waals surface area contributed by atoms with Crippen LogP contribution in [0, 0.1) is 0 Å². The van der Waals surface area contributed by atoms with Gasteiger partial charge < -0.3 is 4.74 Å². The summed E-state index contributed by atoms with van der Waals surface area (Å²) in [7, 11) is 1.49. The molecule has 4 nitrogen and oxygen atoms in total. The number of aromatic nitrogens is 2. The minimum absolute atomic E-state index is 0.308. The number of hydrogen-bond donors (Lipinski definition) is 0. The van der Waals surface area contributed by atoms with Gasteiger partial charge in [-0.3, -0.25) is 4.79 Å². The monoisotopic (exact) mass is 192 g/mol. The van der Waals surface area contributed by atoms with Crippen LogP contribution in [0.3, 0.4) is 0 Å². The Balaban J connectivity index is 2.30. The van der Waals surface area contributed by atoms with Gasteiger partial charge in [0.25, 0.3) is 0 Å². The van der Waals surface area contributed by atoms with E-state index in [-0.39, 0.29) is 0 Å². The van der Waals surface area contributed by atoms with Gasteiger partial charge in [-0.2, -0.15) is 5.10 Å². The number of nitrogens with zero attached hydrogens (tertiary/aromatic N) is 2. The molecule has 1 aromatic rings. The van der Waals surface area contributed by atoms with Crippen molar-refractivity contribution in [2.75, 3.05) is 7.11 Å². The van der Waals surface area contributed by atoms with Crippen molar-refractivity contribution in [3.05, 3.63) is 17.3 Å². The summed E-state index contributed by atoms with van der Waals surface area (Å²) >= 11 is 0. The van der Waals surface area contributed by atoms with E-state index in [4.69, 9.17) is 4.74 Å². The van der Waals surface area contributed by atoms with Crippen LogP contribution in [0.15, 0.2) is 6.07 Å². The molecule has 1 aliphatic carbocycles. The van der Waals surface area contributed by atoms with Crippen molar-refractivity contribution in [3.8, 4) is 5.88 Å². The quantitative estimate of drug-likeness (QED) is 0.682. The van der Waals surface area contributed by atoms with Crippen molar-refractivity contribution in [2.24, 2.45) is 0 Å². The largest absolute Gasteiger partial charge is 0.479 e. The highest BCUT2D eigenvalue weighted by Gasteiger charge is 2.22. The molecule has 0 N–H and O–H groups in total. The molecule has 14 heavy (non-hydrogen) atoms. The number of hydrogen-bond acceptors (Lipinski definition) is 4. The van der Waals surface area contributed by atoms with E-state index >= 15 is 0 Å². The maximum atomic E-state index is 10.7. The molecule has 4 heteroatoms. The molecule has 0 radical (unpaired) electrons. The minimum atomic E-state index is 0.308. The Morgan fingerprint density at radius 1 is 1.50 bits per heavy atom. The van der Waals surface area contributed by atoms with Crippen LogP contribution < -0.4 is 4.74 Å². The molecule has 0 unspecified atom stereocenters. The molecule has 1 aromatic heterocycles. The number of carbonyl (C=O) groups is 1. The average Bonchev–Trinajstić information content (AvgIpc) is 2.15. The van der Waals surface area contributed by atoms with Gasteiger partial charge in [0.05, 0.1) is 18.4 Å². The zero-order valence-corrected chi connectivity index (χ0v) is 8.06. The molecule has 1 fully saturated rings. The van der Waals surface area contributed by atoms with Crippen molar-refractivity contribution >= 4 is 6.29 Å². The van der Waals surface area contributed by atoms with Crippen LogP contribution in [0.4, 0.5) is 0 Å². The first-order chi connectivity index (χ1) is 6.85. The molecule has 0 atom stereocenters. The third-order valence-electron chi connectivity index (χ3n) is 2.65. The Hall–Kier alpha value is -1.45. The lowest BCUT2D eigenvalue weighted by atomic mass is 9.82. The van der Waals surface area contributed by atoms with E-state index in [1.165, 1.54) is 13.5 Å². The first-order valence-electron chi connectivity index (χ1n) is 4.72. The van der Waals surface area contributed by atoms with Crippen LogP contribution in [0.1, 0.15) is 41.2 Å². The highest BCUT2D eigenvalue weighted by molar-refractivity contribution is 5.78. The van der Waals surface area contributed by atoms with E-state index < -0.39 is 0 Å². The molecule has 0 spiro atoms. The molecule has 1 aliphatic rings. The maximum Gasteiger partial charge on any atom is 0.243 e. The highest BCUT2D eigenvalue weighted by Crippen LogP contribution is 2.35. The Morgan fingerprint density at radius 2 is 2.29 bits per heavy atom. The molecular formula is C10H12N2O2. The predicted octanol–water partition coefficient (Wildman–Crippen LogP) is 1.57. The maximum absolute atomic E-state index is 10.7. The van der Waals surface area contributed by atoms with E-state index in [0.717, 1.165) is 24.8 Å². The second kappa shape index (κ2) is 3.74. The molecule has 0 aliphatic heterocycles. The lowest BCUT2D eigenvalue weighted by Gasteiger charge is -2.24. The SMILES string of the molecule is COc1nnc(C2CCC2)cc1C=O. The van der Waals surface area contributed by atoms with Crippen molar-refractivity contribution < 1.29 is 9.53 Å². The third-order valence-corrected chi connectivity index (χ3v) is 2.65. The third kappa shape index (κ3) is 1.47. The molecule has 1 saturated carbocycles. The molecule has 0 saturated heterocycles. The van der Waals surface area contributed by atoms with E-state index in [2.05, 4.69) is 10.2 Å². The smallest absolute Gasteiger partial charge is 0.243 e. The molecule has 2 rings (SSSR count). The van der Waals surface area contributed by atoms with Crippen LogP contribution in [-0.2, 0) is 0 Å². The number of rotatable bonds is 3. The van der Waals surface area contributed by atoms with E-state index in [1.807, 2.05) is 0 Å². The topological polar surface area (TPSA) is 52.1 Å². The number of ether oxygens (including phenoxy) is 1. The Kier molecular flexibility index (Phi) is 2.43. The molecule has 1 heterocycles. The second-order valence-corrected chi connectivity index (χ2v) is 3.48. The van der Waals surface area contributed by atoms with Crippen molar-refractivity contribution in [1.82, 2.24) is 10.2 Å². The lowest BCUT2D eigenvalue weighted by molar-refractivity contribution is 0.111. The summed E-state index contributed by atoms with van der Waals surface area (Å²) in [5.74, 6) is 0.801. The molecule has 0 amide bonds. The summed E-state index contributed by atoms with van der Waals surface area (Å²) < 4.78 is 4.92. The van der Waals surface area contributed by atoms with Gasteiger partial charge in [0.15, 0.2) is 6.29 Å². The van der Waals surface area contributed by atoms with Gasteiger partial charge >= 0.3 is 0 Å². The zero-order chi connectivity index (χ0) is 9.97. The van der Waals surface area contributed by atoms with Gasteiger partial charge in [-0.05, 0) is 18.9 Å². The van der Waals surface area contributed by atoms with Crippen LogP contribution >= 0.6 is 0 Å². The zero-order valence-electron chi connectivity index (χ0n) is 8.06. The highest BCUT2D eigenvalue weighted by atomic mass is 16.5. The van der Waals surface area contributed by atoms with Gasteiger partial charge in [0, 0.05) is 5.92 Å². The fourth-order valence-electron chi connectivity index (χ4n) is 1.56. The van der Waals surface area contributed by atoms with E-state index in [1.54, 1.807) is 6.07 Å². The minimum Gasteiger partial charge on any atom is -0.479 e. The Morgan fingerprint density at radius 3 is 2.79 bits per heavy atom. The lowest BCUT2D eigenvalue weighted by Crippen LogP contribution is -2.12. The van der Waals surface area contributed by atoms with Crippen LogP contribution in [0.5, 0.6) is 5.88 Å². The summed E-state index contributed by atoms with van der Waals surface area (Å²) in [5.41, 5.74) is 1.41. The standard InChI is InChI=1S/C10H12N2O2/c1-14-10-8(6-13)5-9(11-12-10)7-3-2-4-7/h5-7H,2-4H2,1H3. The normalized spacial score (nSPS) is 16.1.